The molecule has 0 aliphatic heterocycles. The number of phenols is 1. The monoisotopic (exact) mass is 251 g/mol. The quantitative estimate of drug-likeness (QED) is 0.746. The number of aromatic hydroxyl groups is 1. The summed E-state index contributed by atoms with van der Waals surface area (Å²) in [6.45, 7) is 0.696. The highest BCUT2D eigenvalue weighted by molar-refractivity contribution is 5.39. The van der Waals surface area contributed by atoms with Gasteiger partial charge < -0.3 is 20.3 Å². The molecule has 4 nitrogen and oxygen atoms in total. The third kappa shape index (κ3) is 2.76. The van der Waals surface area contributed by atoms with E-state index in [1.807, 2.05) is 6.07 Å². The normalized spacial score (nSPS) is 17.9. The Hall–Kier alpha value is -1.26. The number of phenolic OH excluding ortho intramolecular Hbond substituents is 1. The molecule has 18 heavy (non-hydrogen) atoms. The molecule has 1 aliphatic rings. The second kappa shape index (κ2) is 5.59. The van der Waals surface area contributed by atoms with Crippen molar-refractivity contribution in [1.29, 1.82) is 0 Å². The number of rotatable bonds is 5. The molecular weight excluding hydrogens is 230 g/mol. The maximum absolute atomic E-state index is 9.80. The van der Waals surface area contributed by atoms with Crippen molar-refractivity contribution in [3.05, 3.63) is 23.8 Å². The van der Waals surface area contributed by atoms with Crippen LogP contribution >= 0.6 is 0 Å². The van der Waals surface area contributed by atoms with Gasteiger partial charge >= 0.3 is 0 Å². The molecule has 3 N–H and O–H groups in total. The highest BCUT2D eigenvalue weighted by Gasteiger charge is 2.32. The van der Waals surface area contributed by atoms with Gasteiger partial charge in [-0.3, -0.25) is 0 Å². The van der Waals surface area contributed by atoms with Crippen LogP contribution in [0, 0.1) is 0 Å². The van der Waals surface area contributed by atoms with Crippen molar-refractivity contribution >= 4 is 0 Å². The molecule has 100 valence electrons. The number of aliphatic hydroxyl groups excluding tert-OH is 1. The van der Waals surface area contributed by atoms with E-state index in [0.29, 0.717) is 6.54 Å². The largest absolute Gasteiger partial charge is 0.508 e. The second-order valence-corrected chi connectivity index (χ2v) is 4.99. The second-order valence-electron chi connectivity index (χ2n) is 4.99. The first kappa shape index (κ1) is 13.2. The minimum atomic E-state index is -0.171. The molecule has 0 aromatic heterocycles. The Morgan fingerprint density at radius 3 is 2.67 bits per heavy atom. The summed E-state index contributed by atoms with van der Waals surface area (Å²) in [5.74, 6) is 0.989. The SMILES string of the molecule is COc1ccc(O)c(CNC2(CO)CCCC2)c1. The van der Waals surface area contributed by atoms with Crippen molar-refractivity contribution < 1.29 is 14.9 Å². The molecule has 2 rings (SSSR count). The predicted molar refractivity (Wildman–Crippen MR) is 69.8 cm³/mol. The number of nitrogens with one attached hydrogen (secondary N) is 1. The van der Waals surface area contributed by atoms with E-state index in [-0.39, 0.29) is 17.9 Å². The molecule has 0 saturated heterocycles. The Morgan fingerprint density at radius 2 is 2.06 bits per heavy atom. The van der Waals surface area contributed by atoms with Gasteiger partial charge in [0, 0.05) is 17.6 Å². The molecule has 1 aliphatic carbocycles. The Labute approximate surface area is 108 Å². The van der Waals surface area contributed by atoms with E-state index in [2.05, 4.69) is 5.32 Å². The van der Waals surface area contributed by atoms with Gasteiger partial charge in [-0.2, -0.15) is 0 Å². The standard InChI is InChI=1S/C14H21NO3/c1-18-12-4-5-13(17)11(8-12)9-15-14(10-16)6-2-3-7-14/h4-5,8,15-17H,2-3,6-7,9-10H2,1H3. The van der Waals surface area contributed by atoms with Gasteiger partial charge in [0.1, 0.15) is 11.5 Å². The lowest BCUT2D eigenvalue weighted by atomic mass is 9.98. The van der Waals surface area contributed by atoms with E-state index >= 15 is 0 Å². The summed E-state index contributed by atoms with van der Waals surface area (Å²) in [4.78, 5) is 0. The fourth-order valence-corrected chi connectivity index (χ4v) is 2.56. The van der Waals surface area contributed by atoms with Gasteiger partial charge in [-0.25, -0.2) is 0 Å². The fourth-order valence-electron chi connectivity index (χ4n) is 2.56. The minimum Gasteiger partial charge on any atom is -0.508 e. The van der Waals surface area contributed by atoms with Gasteiger partial charge in [0.2, 0.25) is 0 Å². The van der Waals surface area contributed by atoms with Crippen LogP contribution in [-0.4, -0.2) is 29.5 Å². The molecule has 0 bridgehead atoms. The molecular formula is C14H21NO3. The number of hydrogen-bond acceptors (Lipinski definition) is 4. The molecule has 4 heteroatoms. The van der Waals surface area contributed by atoms with Gasteiger partial charge in [0.15, 0.2) is 0 Å². The first-order chi connectivity index (χ1) is 8.69. The first-order valence-corrected chi connectivity index (χ1v) is 6.41. The van der Waals surface area contributed by atoms with E-state index in [0.717, 1.165) is 37.0 Å². The fraction of sp³-hybridized carbons (Fsp3) is 0.571. The van der Waals surface area contributed by atoms with Crippen LogP contribution in [-0.2, 0) is 6.54 Å². The number of benzene rings is 1. The molecule has 0 radical (unpaired) electrons. The van der Waals surface area contributed by atoms with Crippen LogP contribution < -0.4 is 10.1 Å². The molecule has 0 unspecified atom stereocenters. The summed E-state index contributed by atoms with van der Waals surface area (Å²) in [5, 5.41) is 22.7. The zero-order valence-corrected chi connectivity index (χ0v) is 10.8. The Morgan fingerprint density at radius 1 is 1.33 bits per heavy atom. The maximum atomic E-state index is 9.80. The molecule has 0 heterocycles. The number of methoxy groups -OCH3 is 1. The van der Waals surface area contributed by atoms with Crippen molar-refractivity contribution in [3.8, 4) is 11.5 Å². The summed E-state index contributed by atoms with van der Waals surface area (Å²) in [6, 6.07) is 5.19. The summed E-state index contributed by atoms with van der Waals surface area (Å²) < 4.78 is 5.14. The van der Waals surface area contributed by atoms with Crippen LogP contribution in [0.5, 0.6) is 11.5 Å². The van der Waals surface area contributed by atoms with Crippen molar-refractivity contribution in [3.63, 3.8) is 0 Å². The molecule has 0 spiro atoms. The van der Waals surface area contributed by atoms with Crippen LogP contribution in [0.4, 0.5) is 0 Å². The summed E-state index contributed by atoms with van der Waals surface area (Å²) in [5.41, 5.74) is 0.629. The van der Waals surface area contributed by atoms with Crippen LogP contribution in [0.2, 0.25) is 0 Å². The Kier molecular flexibility index (Phi) is 4.09. The molecule has 1 saturated carbocycles. The van der Waals surface area contributed by atoms with Gasteiger partial charge in [-0.15, -0.1) is 0 Å². The lowest BCUT2D eigenvalue weighted by Crippen LogP contribution is -2.45. The van der Waals surface area contributed by atoms with Gasteiger partial charge in [-0.1, -0.05) is 12.8 Å². The van der Waals surface area contributed by atoms with Crippen LogP contribution in [0.1, 0.15) is 31.2 Å². The summed E-state index contributed by atoms with van der Waals surface area (Å²) >= 11 is 0. The molecule has 1 aromatic carbocycles. The molecule has 1 aromatic rings. The van der Waals surface area contributed by atoms with E-state index in [9.17, 15) is 10.2 Å². The van der Waals surface area contributed by atoms with E-state index in [1.165, 1.54) is 0 Å². The third-order valence-corrected chi connectivity index (χ3v) is 3.80. The molecule has 1 fully saturated rings. The number of ether oxygens (including phenoxy) is 1. The van der Waals surface area contributed by atoms with Crippen molar-refractivity contribution in [2.24, 2.45) is 0 Å². The first-order valence-electron chi connectivity index (χ1n) is 6.41. The minimum absolute atomic E-state index is 0.151. The summed E-state index contributed by atoms with van der Waals surface area (Å²) in [6.07, 6.45) is 4.29. The highest BCUT2D eigenvalue weighted by Crippen LogP contribution is 2.30. The average Bonchev–Trinajstić information content (AvgIpc) is 2.87. The zero-order valence-electron chi connectivity index (χ0n) is 10.8. The van der Waals surface area contributed by atoms with Crippen molar-refractivity contribution in [2.75, 3.05) is 13.7 Å². The molecule has 0 atom stereocenters. The average molecular weight is 251 g/mol. The van der Waals surface area contributed by atoms with Crippen LogP contribution in [0.3, 0.4) is 0 Å². The highest BCUT2D eigenvalue weighted by atomic mass is 16.5. The van der Waals surface area contributed by atoms with Crippen molar-refractivity contribution in [2.45, 2.75) is 37.8 Å². The van der Waals surface area contributed by atoms with Crippen LogP contribution in [0.25, 0.3) is 0 Å². The topological polar surface area (TPSA) is 61.7 Å². The number of aliphatic hydroxyl groups is 1. The summed E-state index contributed by atoms with van der Waals surface area (Å²) in [7, 11) is 1.61. The van der Waals surface area contributed by atoms with Crippen LogP contribution in [0.15, 0.2) is 18.2 Å². The maximum Gasteiger partial charge on any atom is 0.120 e. The van der Waals surface area contributed by atoms with Gasteiger partial charge in [-0.05, 0) is 31.0 Å². The smallest absolute Gasteiger partial charge is 0.120 e. The molecule has 0 amide bonds. The lowest BCUT2D eigenvalue weighted by molar-refractivity contribution is 0.162. The third-order valence-electron chi connectivity index (χ3n) is 3.80. The zero-order chi connectivity index (χ0) is 13.0. The van der Waals surface area contributed by atoms with E-state index in [4.69, 9.17) is 4.74 Å². The Balaban J connectivity index is 2.05. The Bertz CT molecular complexity index is 400. The van der Waals surface area contributed by atoms with E-state index in [1.54, 1.807) is 19.2 Å². The van der Waals surface area contributed by atoms with Gasteiger partial charge in [0.25, 0.3) is 0 Å². The van der Waals surface area contributed by atoms with Gasteiger partial charge in [0.05, 0.1) is 13.7 Å². The lowest BCUT2D eigenvalue weighted by Gasteiger charge is -2.28. The van der Waals surface area contributed by atoms with E-state index < -0.39 is 0 Å². The number of hydrogen-bond donors (Lipinski definition) is 3. The van der Waals surface area contributed by atoms with Crippen molar-refractivity contribution in [1.82, 2.24) is 5.32 Å². The predicted octanol–water partition coefficient (Wildman–Crippen LogP) is 1.80.